The molecule has 1 aliphatic heterocycles. The number of nitrogens with one attached hydrogen (secondary N) is 1. The number of pyridine rings is 1. The standard InChI is InChI=1S/C24H25N3O4/c1-30-20-13-7-15-27(24(29)31-16-17-8-3-2-4-9-17)22(20)23(28)26-19-12-5-10-18-11-6-14-25-21(18)19/h2-6,8-12,14,20,22H,7,13,15-16H2,1H3,(H,26,28)/t20-,22+/m1/s1. The van der Waals surface area contributed by atoms with Gasteiger partial charge in [0.05, 0.1) is 17.3 Å². The molecular formula is C24H25N3O4. The topological polar surface area (TPSA) is 80.8 Å². The van der Waals surface area contributed by atoms with Crippen molar-refractivity contribution < 1.29 is 19.1 Å². The molecule has 160 valence electrons. The number of carbonyl (C=O) groups excluding carboxylic acids is 2. The molecule has 1 N–H and O–H groups in total. The van der Waals surface area contributed by atoms with Crippen LogP contribution in [0, 0.1) is 0 Å². The van der Waals surface area contributed by atoms with Crippen LogP contribution in [-0.2, 0) is 20.9 Å². The zero-order valence-corrected chi connectivity index (χ0v) is 17.4. The van der Waals surface area contributed by atoms with E-state index in [0.717, 1.165) is 17.4 Å². The fourth-order valence-electron chi connectivity index (χ4n) is 3.94. The molecule has 7 heteroatoms. The summed E-state index contributed by atoms with van der Waals surface area (Å²) in [5, 5.41) is 3.87. The minimum Gasteiger partial charge on any atom is -0.445 e. The van der Waals surface area contributed by atoms with Crippen molar-refractivity contribution in [1.82, 2.24) is 9.88 Å². The highest BCUT2D eigenvalue weighted by Crippen LogP contribution is 2.25. The average molecular weight is 419 g/mol. The van der Waals surface area contributed by atoms with E-state index in [-0.39, 0.29) is 12.5 Å². The van der Waals surface area contributed by atoms with Crippen molar-refractivity contribution in [2.75, 3.05) is 19.0 Å². The molecule has 0 bridgehead atoms. The third-order valence-corrected chi connectivity index (χ3v) is 5.48. The van der Waals surface area contributed by atoms with Crippen LogP contribution < -0.4 is 5.32 Å². The quantitative estimate of drug-likeness (QED) is 0.676. The first kappa shape index (κ1) is 20.8. The molecule has 0 spiro atoms. The van der Waals surface area contributed by atoms with Crippen LogP contribution in [0.15, 0.2) is 66.9 Å². The SMILES string of the molecule is CO[C@@H]1CCCN(C(=O)OCc2ccccc2)[C@@H]1C(=O)Nc1cccc2cccnc12. The molecule has 2 atom stereocenters. The molecule has 7 nitrogen and oxygen atoms in total. The maximum Gasteiger partial charge on any atom is 0.410 e. The second-order valence-corrected chi connectivity index (χ2v) is 7.46. The van der Waals surface area contributed by atoms with E-state index >= 15 is 0 Å². The minimum atomic E-state index is -0.791. The van der Waals surface area contributed by atoms with Crippen LogP contribution in [-0.4, -0.2) is 47.7 Å². The summed E-state index contributed by atoms with van der Waals surface area (Å²) in [6.07, 6.45) is 2.16. The van der Waals surface area contributed by atoms with Gasteiger partial charge in [-0.25, -0.2) is 4.79 Å². The van der Waals surface area contributed by atoms with E-state index in [1.807, 2.05) is 54.6 Å². The van der Waals surface area contributed by atoms with Gasteiger partial charge in [-0.05, 0) is 30.5 Å². The normalized spacial score (nSPS) is 18.5. The summed E-state index contributed by atoms with van der Waals surface area (Å²) in [5.41, 5.74) is 2.18. The molecule has 31 heavy (non-hydrogen) atoms. The van der Waals surface area contributed by atoms with Gasteiger partial charge >= 0.3 is 6.09 Å². The second-order valence-electron chi connectivity index (χ2n) is 7.46. The van der Waals surface area contributed by atoms with Crippen LogP contribution >= 0.6 is 0 Å². The van der Waals surface area contributed by atoms with Gasteiger partial charge in [-0.2, -0.15) is 0 Å². The predicted molar refractivity (Wildman–Crippen MR) is 118 cm³/mol. The number of methoxy groups -OCH3 is 1. The lowest BCUT2D eigenvalue weighted by Crippen LogP contribution is -2.57. The summed E-state index contributed by atoms with van der Waals surface area (Å²) < 4.78 is 11.1. The molecule has 0 radical (unpaired) electrons. The van der Waals surface area contributed by atoms with Gasteiger partial charge in [-0.1, -0.05) is 48.5 Å². The van der Waals surface area contributed by atoms with Crippen molar-refractivity contribution in [2.45, 2.75) is 31.6 Å². The zero-order chi connectivity index (χ0) is 21.6. The van der Waals surface area contributed by atoms with Crippen molar-refractivity contribution in [3.05, 3.63) is 72.4 Å². The highest BCUT2D eigenvalue weighted by Gasteiger charge is 2.40. The number of fused-ring (bicyclic) bond motifs is 1. The number of hydrogen-bond donors (Lipinski definition) is 1. The summed E-state index contributed by atoms with van der Waals surface area (Å²) in [6, 6.07) is 18.0. The van der Waals surface area contributed by atoms with E-state index < -0.39 is 18.2 Å². The first-order valence-corrected chi connectivity index (χ1v) is 10.3. The highest BCUT2D eigenvalue weighted by atomic mass is 16.6. The number of rotatable bonds is 5. The Morgan fingerprint density at radius 3 is 2.71 bits per heavy atom. The van der Waals surface area contributed by atoms with Gasteiger partial charge in [-0.15, -0.1) is 0 Å². The molecule has 3 aromatic rings. The first-order chi connectivity index (χ1) is 15.2. The van der Waals surface area contributed by atoms with Gasteiger partial charge in [0.1, 0.15) is 12.6 Å². The summed E-state index contributed by atoms with van der Waals surface area (Å²) in [4.78, 5) is 32.0. The fraction of sp³-hybridized carbons (Fsp3) is 0.292. The molecule has 1 saturated heterocycles. The van der Waals surface area contributed by atoms with E-state index in [4.69, 9.17) is 9.47 Å². The van der Waals surface area contributed by atoms with Gasteiger partial charge < -0.3 is 14.8 Å². The van der Waals surface area contributed by atoms with Gasteiger partial charge in [0.25, 0.3) is 0 Å². The van der Waals surface area contributed by atoms with Crippen molar-refractivity contribution >= 4 is 28.6 Å². The Hall–Kier alpha value is -3.45. The van der Waals surface area contributed by atoms with Gasteiger partial charge in [0.15, 0.2) is 0 Å². The number of ether oxygens (including phenoxy) is 2. The van der Waals surface area contributed by atoms with Crippen LogP contribution in [0.25, 0.3) is 10.9 Å². The number of piperidine rings is 1. The van der Waals surface area contributed by atoms with Crippen molar-refractivity contribution in [1.29, 1.82) is 0 Å². The Morgan fingerprint density at radius 2 is 1.90 bits per heavy atom. The molecule has 0 saturated carbocycles. The molecule has 0 aliphatic carbocycles. The number of anilines is 1. The third-order valence-electron chi connectivity index (χ3n) is 5.48. The molecule has 2 aromatic carbocycles. The average Bonchev–Trinajstić information content (AvgIpc) is 2.82. The first-order valence-electron chi connectivity index (χ1n) is 10.3. The lowest BCUT2D eigenvalue weighted by Gasteiger charge is -2.38. The molecule has 1 aliphatic rings. The third kappa shape index (κ3) is 4.67. The van der Waals surface area contributed by atoms with E-state index in [0.29, 0.717) is 24.2 Å². The Labute approximate surface area is 181 Å². The van der Waals surface area contributed by atoms with Crippen LogP contribution in [0.3, 0.4) is 0 Å². The molecule has 2 heterocycles. The van der Waals surface area contributed by atoms with E-state index in [9.17, 15) is 9.59 Å². The van der Waals surface area contributed by atoms with Crippen LogP contribution in [0.2, 0.25) is 0 Å². The second kappa shape index (κ2) is 9.57. The predicted octanol–water partition coefficient (Wildman–Crippen LogP) is 3.99. The molecule has 0 unspecified atom stereocenters. The van der Waals surface area contributed by atoms with Crippen molar-refractivity contribution in [3.8, 4) is 0 Å². The Kier molecular flexibility index (Phi) is 6.43. The number of amides is 2. The molecule has 2 amide bonds. The summed E-state index contributed by atoms with van der Waals surface area (Å²) in [5.74, 6) is -0.318. The Bertz CT molecular complexity index is 1050. The number of aromatic nitrogens is 1. The Morgan fingerprint density at radius 1 is 1.10 bits per heavy atom. The van der Waals surface area contributed by atoms with E-state index in [1.54, 1.807) is 19.4 Å². The number of para-hydroxylation sites is 1. The minimum absolute atomic E-state index is 0.148. The highest BCUT2D eigenvalue weighted by molar-refractivity contribution is 6.03. The monoisotopic (exact) mass is 419 g/mol. The number of hydrogen-bond acceptors (Lipinski definition) is 5. The molecule has 1 fully saturated rings. The number of carbonyl (C=O) groups is 2. The lowest BCUT2D eigenvalue weighted by atomic mass is 9.98. The molecular weight excluding hydrogens is 394 g/mol. The van der Waals surface area contributed by atoms with Crippen LogP contribution in [0.1, 0.15) is 18.4 Å². The zero-order valence-electron chi connectivity index (χ0n) is 17.4. The number of benzene rings is 2. The van der Waals surface area contributed by atoms with E-state index in [1.165, 1.54) is 4.90 Å². The van der Waals surface area contributed by atoms with Gasteiger partial charge in [0, 0.05) is 25.2 Å². The Balaban J connectivity index is 1.53. The van der Waals surface area contributed by atoms with Crippen LogP contribution in [0.5, 0.6) is 0 Å². The van der Waals surface area contributed by atoms with Crippen molar-refractivity contribution in [3.63, 3.8) is 0 Å². The molecule has 1 aromatic heterocycles. The number of nitrogens with zero attached hydrogens (tertiary/aromatic N) is 2. The summed E-state index contributed by atoms with van der Waals surface area (Å²) >= 11 is 0. The van der Waals surface area contributed by atoms with E-state index in [2.05, 4.69) is 10.3 Å². The van der Waals surface area contributed by atoms with Gasteiger partial charge in [0.2, 0.25) is 5.91 Å². The van der Waals surface area contributed by atoms with Crippen molar-refractivity contribution in [2.24, 2.45) is 0 Å². The fourth-order valence-corrected chi connectivity index (χ4v) is 3.94. The summed E-state index contributed by atoms with van der Waals surface area (Å²) in [6.45, 7) is 0.578. The maximum absolute atomic E-state index is 13.3. The number of likely N-dealkylation sites (tertiary alicyclic amines) is 1. The van der Waals surface area contributed by atoms with Crippen LogP contribution in [0.4, 0.5) is 10.5 Å². The smallest absolute Gasteiger partial charge is 0.410 e. The summed E-state index contributed by atoms with van der Waals surface area (Å²) in [7, 11) is 1.56. The lowest BCUT2D eigenvalue weighted by molar-refractivity contribution is -0.128. The van der Waals surface area contributed by atoms with Gasteiger partial charge in [-0.3, -0.25) is 14.7 Å². The largest absolute Gasteiger partial charge is 0.445 e. The maximum atomic E-state index is 13.3. The molecule has 4 rings (SSSR count).